The maximum Gasteiger partial charge on any atom is 0.317 e. The zero-order valence-corrected chi connectivity index (χ0v) is 20.6. The van der Waals surface area contributed by atoms with Gasteiger partial charge in [0.25, 0.3) is 0 Å². The topological polar surface area (TPSA) is 95.7 Å². The summed E-state index contributed by atoms with van der Waals surface area (Å²) in [5, 5.41) is 22.0. The molecule has 3 aliphatic rings. The first kappa shape index (κ1) is 24.3. The number of piperazine rings is 2. The van der Waals surface area contributed by atoms with Gasteiger partial charge in [-0.25, -0.2) is 0 Å². The molecule has 9 heteroatoms. The van der Waals surface area contributed by atoms with E-state index in [0.717, 1.165) is 82.2 Å². The minimum Gasteiger partial charge on any atom is -0.480 e. The van der Waals surface area contributed by atoms with E-state index in [1.807, 2.05) is 35.2 Å². The van der Waals surface area contributed by atoms with Gasteiger partial charge in [-0.1, -0.05) is 47.6 Å². The summed E-state index contributed by atoms with van der Waals surface area (Å²) in [4.78, 5) is 25.4. The fourth-order valence-corrected chi connectivity index (χ4v) is 5.14. The van der Waals surface area contributed by atoms with Crippen LogP contribution in [0.3, 0.4) is 0 Å². The zero-order chi connectivity index (χ0) is 24.9. The van der Waals surface area contributed by atoms with Crippen molar-refractivity contribution in [3.63, 3.8) is 0 Å². The molecule has 0 amide bonds. The summed E-state index contributed by atoms with van der Waals surface area (Å²) in [6.07, 6.45) is 0.776. The third kappa shape index (κ3) is 5.85. The van der Waals surface area contributed by atoms with Crippen LogP contribution in [-0.4, -0.2) is 109 Å². The maximum absolute atomic E-state index is 10.9. The number of nitrogens with one attached hydrogen (secondary N) is 1. The Labute approximate surface area is 212 Å². The van der Waals surface area contributed by atoms with Crippen LogP contribution in [0.15, 0.2) is 59.8 Å². The lowest BCUT2D eigenvalue weighted by atomic mass is 10.0. The molecular weight excluding hydrogens is 456 g/mol. The van der Waals surface area contributed by atoms with E-state index in [0.29, 0.717) is 5.84 Å². The van der Waals surface area contributed by atoms with Crippen molar-refractivity contribution in [2.24, 2.45) is 5.16 Å². The molecule has 2 aromatic rings. The van der Waals surface area contributed by atoms with E-state index in [1.54, 1.807) is 0 Å². The average molecular weight is 491 g/mol. The second kappa shape index (κ2) is 11.1. The van der Waals surface area contributed by atoms with E-state index >= 15 is 0 Å². The molecule has 5 rings (SSSR count). The van der Waals surface area contributed by atoms with Gasteiger partial charge in [-0.15, -0.1) is 0 Å². The van der Waals surface area contributed by atoms with Gasteiger partial charge in [0, 0.05) is 76.6 Å². The lowest BCUT2D eigenvalue weighted by Gasteiger charge is -2.37. The summed E-state index contributed by atoms with van der Waals surface area (Å²) in [6.45, 7) is 7.62. The molecule has 0 radical (unpaired) electrons. The number of carboxylic acids is 1. The number of oxime groups is 1. The largest absolute Gasteiger partial charge is 0.480 e. The second-order valence-corrected chi connectivity index (χ2v) is 9.68. The molecule has 0 aliphatic carbocycles. The normalized spacial score (nSPS) is 21.2. The highest BCUT2D eigenvalue weighted by molar-refractivity contribution is 6.03. The summed E-state index contributed by atoms with van der Waals surface area (Å²) < 4.78 is 0. The Bertz CT molecular complexity index is 1070. The Morgan fingerprint density at radius 3 is 2.25 bits per heavy atom. The smallest absolute Gasteiger partial charge is 0.317 e. The SMILES string of the molecule is N=C(c1ccc(C2=NOC(CN3CCN(CC(=O)O)CC3)C2)cc1)N1CCN(c2ccccc2)CC1. The highest BCUT2D eigenvalue weighted by atomic mass is 16.6. The van der Waals surface area contributed by atoms with Crippen molar-refractivity contribution in [1.82, 2.24) is 14.7 Å². The Morgan fingerprint density at radius 1 is 0.917 bits per heavy atom. The van der Waals surface area contributed by atoms with Gasteiger partial charge in [-0.3, -0.25) is 20.0 Å². The van der Waals surface area contributed by atoms with Crippen molar-refractivity contribution in [2.45, 2.75) is 12.5 Å². The van der Waals surface area contributed by atoms with Crippen LogP contribution >= 0.6 is 0 Å². The molecule has 36 heavy (non-hydrogen) atoms. The number of amidine groups is 1. The standard InChI is InChI=1S/C27H34N6O3/c28-27(33-16-14-32(15-17-33)23-4-2-1-3-5-23)22-8-6-21(7-9-22)25-18-24(36-29-25)19-30-10-12-31(13-11-30)20-26(34)35/h1-9,24,28H,10-20H2,(H,34,35). The maximum atomic E-state index is 10.9. The molecule has 0 spiro atoms. The van der Waals surface area contributed by atoms with Crippen LogP contribution in [0.4, 0.5) is 5.69 Å². The van der Waals surface area contributed by atoms with Crippen LogP contribution in [0, 0.1) is 5.41 Å². The third-order valence-electron chi connectivity index (χ3n) is 7.23. The van der Waals surface area contributed by atoms with Gasteiger partial charge in [0.05, 0.1) is 12.3 Å². The van der Waals surface area contributed by atoms with E-state index in [4.69, 9.17) is 15.4 Å². The van der Waals surface area contributed by atoms with Crippen molar-refractivity contribution in [3.8, 4) is 0 Å². The van der Waals surface area contributed by atoms with Gasteiger partial charge < -0.3 is 19.7 Å². The average Bonchev–Trinajstić information content (AvgIpc) is 3.38. The van der Waals surface area contributed by atoms with Crippen molar-refractivity contribution >= 4 is 23.2 Å². The molecule has 1 unspecified atom stereocenters. The highest BCUT2D eigenvalue weighted by Crippen LogP contribution is 2.20. The minimum atomic E-state index is -0.771. The fourth-order valence-electron chi connectivity index (χ4n) is 5.14. The van der Waals surface area contributed by atoms with E-state index in [-0.39, 0.29) is 12.6 Å². The number of para-hydroxylation sites is 1. The summed E-state index contributed by atoms with van der Waals surface area (Å²) in [5.41, 5.74) is 4.14. The second-order valence-electron chi connectivity index (χ2n) is 9.68. The number of benzene rings is 2. The number of anilines is 1. The predicted molar refractivity (Wildman–Crippen MR) is 140 cm³/mol. The van der Waals surface area contributed by atoms with E-state index in [9.17, 15) is 4.79 Å². The molecule has 2 aromatic carbocycles. The molecule has 0 bridgehead atoms. The number of hydrogen-bond acceptors (Lipinski definition) is 7. The molecule has 3 heterocycles. The molecule has 3 aliphatic heterocycles. The summed E-state index contributed by atoms with van der Waals surface area (Å²) in [7, 11) is 0. The number of hydrogen-bond donors (Lipinski definition) is 2. The van der Waals surface area contributed by atoms with Gasteiger partial charge in [0.2, 0.25) is 0 Å². The van der Waals surface area contributed by atoms with Crippen molar-refractivity contribution < 1.29 is 14.7 Å². The minimum absolute atomic E-state index is 0.0184. The quantitative estimate of drug-likeness (QED) is 0.453. The van der Waals surface area contributed by atoms with Crippen molar-refractivity contribution in [3.05, 3.63) is 65.7 Å². The Kier molecular flexibility index (Phi) is 7.48. The molecule has 1 atom stereocenters. The number of rotatable bonds is 7. The molecule has 2 saturated heterocycles. The molecule has 190 valence electrons. The molecule has 2 fully saturated rings. The zero-order valence-electron chi connectivity index (χ0n) is 20.6. The predicted octanol–water partition coefficient (Wildman–Crippen LogP) is 2.03. The first-order chi connectivity index (χ1) is 17.5. The lowest BCUT2D eigenvalue weighted by molar-refractivity contribution is -0.138. The van der Waals surface area contributed by atoms with Gasteiger partial charge in [0.15, 0.2) is 0 Å². The first-order valence-corrected chi connectivity index (χ1v) is 12.7. The van der Waals surface area contributed by atoms with Crippen LogP contribution in [0.25, 0.3) is 0 Å². The lowest BCUT2D eigenvalue weighted by Crippen LogP contribution is -2.49. The summed E-state index contributed by atoms with van der Waals surface area (Å²) in [6, 6.07) is 18.6. The van der Waals surface area contributed by atoms with Crippen molar-refractivity contribution in [1.29, 1.82) is 5.41 Å². The van der Waals surface area contributed by atoms with Crippen LogP contribution in [0.2, 0.25) is 0 Å². The third-order valence-corrected chi connectivity index (χ3v) is 7.23. The van der Waals surface area contributed by atoms with Crippen LogP contribution in [-0.2, 0) is 9.63 Å². The Morgan fingerprint density at radius 2 is 1.58 bits per heavy atom. The Balaban J connectivity index is 1.08. The van der Waals surface area contributed by atoms with E-state index in [1.165, 1.54) is 5.69 Å². The summed E-state index contributed by atoms with van der Waals surface area (Å²) >= 11 is 0. The number of aliphatic carboxylic acids is 1. The van der Waals surface area contributed by atoms with Crippen LogP contribution < -0.4 is 4.90 Å². The molecule has 0 aromatic heterocycles. The molecule has 2 N–H and O–H groups in total. The van der Waals surface area contributed by atoms with Crippen molar-refractivity contribution in [2.75, 3.05) is 70.3 Å². The monoisotopic (exact) mass is 490 g/mol. The first-order valence-electron chi connectivity index (χ1n) is 12.7. The molecule has 0 saturated carbocycles. The summed E-state index contributed by atoms with van der Waals surface area (Å²) in [5.74, 6) is -0.203. The molecule has 9 nitrogen and oxygen atoms in total. The number of nitrogens with zero attached hydrogens (tertiary/aromatic N) is 5. The highest BCUT2D eigenvalue weighted by Gasteiger charge is 2.27. The van der Waals surface area contributed by atoms with Gasteiger partial charge in [0.1, 0.15) is 11.9 Å². The van der Waals surface area contributed by atoms with Gasteiger partial charge in [-0.2, -0.15) is 0 Å². The van der Waals surface area contributed by atoms with Crippen LogP contribution in [0.5, 0.6) is 0 Å². The van der Waals surface area contributed by atoms with E-state index in [2.05, 4.69) is 44.1 Å². The van der Waals surface area contributed by atoms with Gasteiger partial charge in [-0.05, 0) is 17.7 Å². The molecular formula is C27H34N6O3. The Hall–Kier alpha value is -3.43. The number of carboxylic acid groups (broad SMARTS) is 1. The van der Waals surface area contributed by atoms with Gasteiger partial charge >= 0.3 is 5.97 Å². The fraction of sp³-hybridized carbons (Fsp3) is 0.444. The van der Waals surface area contributed by atoms with E-state index < -0.39 is 5.97 Å². The van der Waals surface area contributed by atoms with Crippen LogP contribution in [0.1, 0.15) is 17.5 Å². The number of carbonyl (C=O) groups is 1.